The van der Waals surface area contributed by atoms with Crippen LogP contribution in [0.1, 0.15) is 0 Å². The maximum atomic E-state index is 5.63. The van der Waals surface area contributed by atoms with Gasteiger partial charge in [-0.25, -0.2) is 15.0 Å². The molecule has 0 aliphatic heterocycles. The topological polar surface area (TPSA) is 98.9 Å². The number of fused-ring (bicyclic) bond motifs is 1. The molecule has 108 valence electrons. The van der Waals surface area contributed by atoms with Gasteiger partial charge in [-0.3, -0.25) is 0 Å². The summed E-state index contributed by atoms with van der Waals surface area (Å²) in [5, 5.41) is 0.919. The number of methoxy groups -OCH3 is 1. The van der Waals surface area contributed by atoms with Gasteiger partial charge in [0.05, 0.1) is 18.5 Å². The average molecular weight is 285 g/mol. The quantitative estimate of drug-likeness (QED) is 0.691. The third-order valence-corrected chi connectivity index (χ3v) is 3.01. The Balaban J connectivity index is 1.97. The molecule has 3 aromatic heterocycles. The van der Waals surface area contributed by atoms with Gasteiger partial charge < -0.3 is 20.2 Å². The van der Waals surface area contributed by atoms with Gasteiger partial charge in [-0.1, -0.05) is 0 Å². The molecule has 3 N–H and O–H groups in total. The van der Waals surface area contributed by atoms with Crippen LogP contribution >= 0.6 is 0 Å². The molecular formula is C14H15N5O2. The second-order valence-electron chi connectivity index (χ2n) is 4.41. The average Bonchev–Trinajstić information content (AvgIpc) is 2.91. The van der Waals surface area contributed by atoms with Crippen LogP contribution in [0.5, 0.6) is 5.75 Å². The highest BCUT2D eigenvalue weighted by Gasteiger charge is 2.10. The van der Waals surface area contributed by atoms with Gasteiger partial charge in [-0.15, -0.1) is 0 Å². The number of aromatic amines is 1. The number of pyridine rings is 1. The fraction of sp³-hybridized carbons (Fsp3) is 0.214. The molecule has 21 heavy (non-hydrogen) atoms. The van der Waals surface area contributed by atoms with E-state index in [1.807, 2.05) is 12.3 Å². The van der Waals surface area contributed by atoms with Crippen LogP contribution in [0, 0.1) is 0 Å². The van der Waals surface area contributed by atoms with Crippen molar-refractivity contribution in [2.24, 2.45) is 0 Å². The molecule has 3 aromatic rings. The van der Waals surface area contributed by atoms with E-state index in [4.69, 9.17) is 15.2 Å². The number of nitrogens with two attached hydrogens (primary N) is 1. The predicted molar refractivity (Wildman–Crippen MR) is 78.9 cm³/mol. The van der Waals surface area contributed by atoms with Crippen LogP contribution in [0.15, 0.2) is 30.7 Å². The normalized spacial score (nSPS) is 10.9. The van der Waals surface area contributed by atoms with Crippen molar-refractivity contribution in [2.75, 3.05) is 26.1 Å². The van der Waals surface area contributed by atoms with E-state index in [2.05, 4.69) is 19.9 Å². The molecule has 0 atom stereocenters. The van der Waals surface area contributed by atoms with Gasteiger partial charge in [0.1, 0.15) is 18.0 Å². The molecule has 0 fully saturated rings. The highest BCUT2D eigenvalue weighted by Crippen LogP contribution is 2.28. The summed E-state index contributed by atoms with van der Waals surface area (Å²) < 4.78 is 10.5. The summed E-state index contributed by atoms with van der Waals surface area (Å²) in [5.74, 6) is 0.921. The van der Waals surface area contributed by atoms with Crippen molar-refractivity contribution in [3.05, 3.63) is 30.7 Å². The number of H-pyrrole nitrogens is 1. The number of hydrogen-bond donors (Lipinski definition) is 2. The Labute approximate surface area is 121 Å². The first-order valence-electron chi connectivity index (χ1n) is 6.45. The fourth-order valence-corrected chi connectivity index (χ4v) is 2.04. The van der Waals surface area contributed by atoms with Gasteiger partial charge in [0.2, 0.25) is 5.95 Å². The van der Waals surface area contributed by atoms with Crippen LogP contribution in [0.2, 0.25) is 0 Å². The summed E-state index contributed by atoms with van der Waals surface area (Å²) in [6.45, 7) is 1.00. The first kappa shape index (κ1) is 13.3. The Morgan fingerprint density at radius 1 is 1.29 bits per heavy atom. The number of nitrogens with one attached hydrogen (secondary N) is 1. The first-order valence-corrected chi connectivity index (χ1v) is 6.45. The summed E-state index contributed by atoms with van der Waals surface area (Å²) in [7, 11) is 1.63. The third-order valence-electron chi connectivity index (χ3n) is 3.01. The van der Waals surface area contributed by atoms with Crippen LogP contribution in [0.3, 0.4) is 0 Å². The maximum absolute atomic E-state index is 5.63. The van der Waals surface area contributed by atoms with E-state index in [1.54, 1.807) is 25.6 Å². The number of aromatic nitrogens is 4. The molecule has 0 amide bonds. The van der Waals surface area contributed by atoms with Crippen molar-refractivity contribution >= 4 is 17.0 Å². The highest BCUT2D eigenvalue weighted by molar-refractivity contribution is 5.93. The van der Waals surface area contributed by atoms with Gasteiger partial charge in [0.15, 0.2) is 0 Å². The molecule has 0 saturated heterocycles. The zero-order chi connectivity index (χ0) is 14.7. The minimum absolute atomic E-state index is 0.238. The molecule has 3 heterocycles. The molecule has 0 spiro atoms. The van der Waals surface area contributed by atoms with E-state index < -0.39 is 0 Å². The lowest BCUT2D eigenvalue weighted by molar-refractivity contribution is 0.146. The molecule has 0 radical (unpaired) electrons. The largest absolute Gasteiger partial charge is 0.490 e. The standard InChI is InChI=1S/C14H15N5O2/c1-20-4-5-21-9-6-10-11(8-18-13(10)17-7-9)12-2-3-16-14(15)19-12/h2-3,6-8H,4-5H2,1H3,(H,17,18)(H2,15,16,19). The van der Waals surface area contributed by atoms with Gasteiger partial charge >= 0.3 is 0 Å². The zero-order valence-electron chi connectivity index (χ0n) is 11.5. The Bertz CT molecular complexity index is 756. The van der Waals surface area contributed by atoms with Crippen LogP contribution in [0.25, 0.3) is 22.3 Å². The van der Waals surface area contributed by atoms with Gasteiger partial charge in [-0.2, -0.15) is 0 Å². The van der Waals surface area contributed by atoms with Gasteiger partial charge in [0, 0.05) is 30.5 Å². The summed E-state index contributed by atoms with van der Waals surface area (Å²) in [6, 6.07) is 3.72. The second kappa shape index (κ2) is 5.76. The third kappa shape index (κ3) is 2.77. The minimum Gasteiger partial charge on any atom is -0.490 e. The summed E-state index contributed by atoms with van der Waals surface area (Å²) >= 11 is 0. The smallest absolute Gasteiger partial charge is 0.220 e. The molecule has 0 saturated carbocycles. The van der Waals surface area contributed by atoms with Crippen molar-refractivity contribution in [2.45, 2.75) is 0 Å². The predicted octanol–water partition coefficient (Wildman–Crippen LogP) is 1.63. The summed E-state index contributed by atoms with van der Waals surface area (Å²) in [5.41, 5.74) is 8.04. The van der Waals surface area contributed by atoms with Crippen LogP contribution in [0.4, 0.5) is 5.95 Å². The fourth-order valence-electron chi connectivity index (χ4n) is 2.04. The number of ether oxygens (including phenoxy) is 2. The number of rotatable bonds is 5. The van der Waals surface area contributed by atoms with Gasteiger partial charge in [-0.05, 0) is 12.1 Å². The first-order chi connectivity index (χ1) is 10.3. The SMILES string of the molecule is COCCOc1cnc2[nH]cc(-c3ccnc(N)n3)c2c1. The molecule has 0 aliphatic rings. The molecule has 0 aromatic carbocycles. The van der Waals surface area contributed by atoms with E-state index in [0.29, 0.717) is 19.0 Å². The monoisotopic (exact) mass is 285 g/mol. The number of hydrogen-bond acceptors (Lipinski definition) is 6. The highest BCUT2D eigenvalue weighted by atomic mass is 16.5. The van der Waals surface area contributed by atoms with Crippen molar-refractivity contribution in [1.29, 1.82) is 0 Å². The molecule has 0 bridgehead atoms. The van der Waals surface area contributed by atoms with Crippen molar-refractivity contribution in [1.82, 2.24) is 19.9 Å². The Morgan fingerprint density at radius 2 is 2.19 bits per heavy atom. The molecule has 0 unspecified atom stereocenters. The maximum Gasteiger partial charge on any atom is 0.220 e. The summed E-state index contributed by atoms with van der Waals surface area (Å²) in [6.07, 6.45) is 5.15. The number of anilines is 1. The zero-order valence-corrected chi connectivity index (χ0v) is 11.5. The summed E-state index contributed by atoms with van der Waals surface area (Å²) in [4.78, 5) is 15.6. The van der Waals surface area contributed by atoms with Crippen LogP contribution in [-0.4, -0.2) is 40.3 Å². The van der Waals surface area contributed by atoms with Crippen molar-refractivity contribution in [3.8, 4) is 17.0 Å². The Hall–Kier alpha value is -2.67. The van der Waals surface area contributed by atoms with E-state index in [9.17, 15) is 0 Å². The lowest BCUT2D eigenvalue weighted by atomic mass is 10.1. The molecule has 0 aliphatic carbocycles. The van der Waals surface area contributed by atoms with Crippen molar-refractivity contribution in [3.63, 3.8) is 0 Å². The Kier molecular flexibility index (Phi) is 3.65. The van der Waals surface area contributed by atoms with E-state index in [1.165, 1.54) is 0 Å². The second-order valence-corrected chi connectivity index (χ2v) is 4.41. The van der Waals surface area contributed by atoms with Crippen LogP contribution in [-0.2, 0) is 4.74 Å². The van der Waals surface area contributed by atoms with Crippen molar-refractivity contribution < 1.29 is 9.47 Å². The number of nitrogens with zero attached hydrogens (tertiary/aromatic N) is 3. The lowest BCUT2D eigenvalue weighted by Gasteiger charge is -2.05. The van der Waals surface area contributed by atoms with E-state index >= 15 is 0 Å². The molecule has 7 heteroatoms. The number of nitrogen functional groups attached to an aromatic ring is 1. The van der Waals surface area contributed by atoms with E-state index in [0.717, 1.165) is 22.3 Å². The van der Waals surface area contributed by atoms with Crippen LogP contribution < -0.4 is 10.5 Å². The molecular weight excluding hydrogens is 270 g/mol. The lowest BCUT2D eigenvalue weighted by Crippen LogP contribution is -2.04. The molecule has 7 nitrogen and oxygen atoms in total. The van der Waals surface area contributed by atoms with E-state index in [-0.39, 0.29) is 5.95 Å². The molecule has 3 rings (SSSR count). The Morgan fingerprint density at radius 3 is 3.00 bits per heavy atom. The van der Waals surface area contributed by atoms with Gasteiger partial charge in [0.25, 0.3) is 0 Å². The minimum atomic E-state index is 0.238.